The van der Waals surface area contributed by atoms with Crippen LogP contribution in [-0.4, -0.2) is 13.4 Å². The maximum atomic E-state index is 12.3. The molecule has 0 saturated heterocycles. The molecule has 0 radical (unpaired) electrons. The van der Waals surface area contributed by atoms with Gasteiger partial charge in [0.1, 0.15) is 10.0 Å². The molecule has 106 valence electrons. The first-order valence-corrected chi connectivity index (χ1v) is 8.43. The largest absolute Gasteiger partial charge is 0.279 e. The first-order valence-electron chi connectivity index (χ1n) is 5.40. The Balaban J connectivity index is 2.41. The monoisotopic (exact) mass is 394 g/mol. The predicted molar refractivity (Wildman–Crippen MR) is 83.9 cm³/mol. The van der Waals surface area contributed by atoms with Crippen molar-refractivity contribution < 1.29 is 8.42 Å². The molecule has 4 nitrogen and oxygen atoms in total. The van der Waals surface area contributed by atoms with Crippen molar-refractivity contribution in [1.82, 2.24) is 4.98 Å². The average Bonchev–Trinajstić information content (AvgIpc) is 2.38. The lowest BCUT2D eigenvalue weighted by molar-refractivity contribution is 0.600. The Morgan fingerprint density at radius 3 is 2.65 bits per heavy atom. The minimum Gasteiger partial charge on any atom is -0.279 e. The number of benzene rings is 1. The molecule has 8 heteroatoms. The van der Waals surface area contributed by atoms with E-state index in [1.54, 1.807) is 25.1 Å². The van der Waals surface area contributed by atoms with Gasteiger partial charge < -0.3 is 0 Å². The van der Waals surface area contributed by atoms with Crippen LogP contribution in [0.5, 0.6) is 0 Å². The molecule has 1 N–H and O–H groups in total. The summed E-state index contributed by atoms with van der Waals surface area (Å²) in [7, 11) is -3.75. The fraction of sp³-hybridized carbons (Fsp3) is 0.0833. The summed E-state index contributed by atoms with van der Waals surface area (Å²) in [5.41, 5.74) is 1.07. The zero-order valence-corrected chi connectivity index (χ0v) is 14.1. The van der Waals surface area contributed by atoms with Crippen LogP contribution < -0.4 is 4.72 Å². The summed E-state index contributed by atoms with van der Waals surface area (Å²) in [6.45, 7) is 1.73. The second kappa shape index (κ2) is 5.89. The lowest BCUT2D eigenvalue weighted by Crippen LogP contribution is -2.14. The SMILES string of the molecule is Cc1c(Cl)cccc1NS(=O)(=O)c1cnc(Cl)c(Br)c1. The Hall–Kier alpha value is -0.820. The second-order valence-electron chi connectivity index (χ2n) is 3.96. The lowest BCUT2D eigenvalue weighted by atomic mass is 10.2. The first kappa shape index (κ1) is 15.6. The van der Waals surface area contributed by atoms with Crippen molar-refractivity contribution >= 4 is 54.8 Å². The Bertz CT molecular complexity index is 766. The van der Waals surface area contributed by atoms with Gasteiger partial charge in [0.15, 0.2) is 0 Å². The normalized spacial score (nSPS) is 11.4. The smallest absolute Gasteiger partial charge is 0.263 e. The van der Waals surface area contributed by atoms with Gasteiger partial charge in [0.2, 0.25) is 0 Å². The van der Waals surface area contributed by atoms with E-state index in [9.17, 15) is 8.42 Å². The van der Waals surface area contributed by atoms with Crippen molar-refractivity contribution in [2.45, 2.75) is 11.8 Å². The Morgan fingerprint density at radius 2 is 2.00 bits per heavy atom. The molecule has 2 rings (SSSR count). The number of anilines is 1. The van der Waals surface area contributed by atoms with Crippen LogP contribution in [0.3, 0.4) is 0 Å². The maximum Gasteiger partial charge on any atom is 0.263 e. The molecule has 0 bridgehead atoms. The van der Waals surface area contributed by atoms with Crippen LogP contribution in [0.15, 0.2) is 39.8 Å². The van der Waals surface area contributed by atoms with Crippen LogP contribution in [0.1, 0.15) is 5.56 Å². The molecule has 0 fully saturated rings. The van der Waals surface area contributed by atoms with Crippen LogP contribution in [0, 0.1) is 6.92 Å². The number of nitrogens with one attached hydrogen (secondary N) is 1. The molecular weight excluding hydrogens is 387 g/mol. The van der Waals surface area contributed by atoms with Crippen LogP contribution in [0.25, 0.3) is 0 Å². The minimum absolute atomic E-state index is 0.00755. The quantitative estimate of drug-likeness (QED) is 0.789. The number of sulfonamides is 1. The molecule has 0 unspecified atom stereocenters. The summed E-state index contributed by atoms with van der Waals surface area (Å²) in [6, 6.07) is 6.38. The van der Waals surface area contributed by atoms with Gasteiger partial charge in [-0.1, -0.05) is 29.3 Å². The fourth-order valence-electron chi connectivity index (χ4n) is 1.47. The van der Waals surface area contributed by atoms with Crippen LogP contribution in [0.2, 0.25) is 10.2 Å². The van der Waals surface area contributed by atoms with Crippen molar-refractivity contribution in [2.75, 3.05) is 4.72 Å². The van der Waals surface area contributed by atoms with Crippen LogP contribution in [0.4, 0.5) is 5.69 Å². The molecule has 0 spiro atoms. The summed E-state index contributed by atoms with van der Waals surface area (Å²) in [5.74, 6) is 0. The third kappa shape index (κ3) is 3.25. The van der Waals surface area contributed by atoms with Gasteiger partial charge in [0, 0.05) is 11.2 Å². The van der Waals surface area contributed by atoms with E-state index in [-0.39, 0.29) is 10.0 Å². The van der Waals surface area contributed by atoms with E-state index in [0.717, 1.165) is 0 Å². The van der Waals surface area contributed by atoms with Gasteiger partial charge >= 0.3 is 0 Å². The van der Waals surface area contributed by atoms with Crippen molar-refractivity contribution in [3.63, 3.8) is 0 Å². The van der Waals surface area contributed by atoms with E-state index >= 15 is 0 Å². The summed E-state index contributed by atoms with van der Waals surface area (Å²) in [6.07, 6.45) is 1.19. The highest BCUT2D eigenvalue weighted by atomic mass is 79.9. The van der Waals surface area contributed by atoms with E-state index in [1.165, 1.54) is 12.3 Å². The van der Waals surface area contributed by atoms with Crippen LogP contribution >= 0.6 is 39.1 Å². The molecule has 1 aromatic heterocycles. The van der Waals surface area contributed by atoms with E-state index in [1.807, 2.05) is 0 Å². The maximum absolute atomic E-state index is 12.3. The molecule has 1 aromatic carbocycles. The highest BCUT2D eigenvalue weighted by Crippen LogP contribution is 2.27. The number of halogens is 3. The predicted octanol–water partition coefficient (Wildman–Crippen LogP) is 4.26. The summed E-state index contributed by atoms with van der Waals surface area (Å²) in [5, 5.41) is 0.684. The third-order valence-electron chi connectivity index (χ3n) is 2.59. The molecule has 20 heavy (non-hydrogen) atoms. The van der Waals surface area contributed by atoms with E-state index < -0.39 is 10.0 Å². The second-order valence-corrected chi connectivity index (χ2v) is 7.26. The standard InChI is InChI=1S/C12H9BrCl2N2O2S/c1-7-10(14)3-2-4-11(7)17-20(18,19)8-5-9(13)12(15)16-6-8/h2-6,17H,1H3. The van der Waals surface area contributed by atoms with Crippen molar-refractivity contribution in [2.24, 2.45) is 0 Å². The molecule has 0 atom stereocenters. The van der Waals surface area contributed by atoms with Gasteiger partial charge in [-0.25, -0.2) is 13.4 Å². The first-order chi connectivity index (χ1) is 9.31. The molecule has 0 amide bonds. The highest BCUT2D eigenvalue weighted by Gasteiger charge is 2.17. The summed E-state index contributed by atoms with van der Waals surface area (Å²) < 4.78 is 27.4. The highest BCUT2D eigenvalue weighted by molar-refractivity contribution is 9.10. The molecule has 1 heterocycles. The zero-order valence-electron chi connectivity index (χ0n) is 10.2. The average molecular weight is 396 g/mol. The fourth-order valence-corrected chi connectivity index (χ4v) is 3.34. The Labute approximate surface area is 135 Å². The molecule has 0 saturated carbocycles. The molecule has 2 aromatic rings. The summed E-state index contributed by atoms with van der Waals surface area (Å²) >= 11 is 14.9. The molecule has 0 aliphatic carbocycles. The van der Waals surface area contributed by atoms with Crippen molar-refractivity contribution in [3.05, 3.63) is 50.7 Å². The van der Waals surface area contributed by atoms with Gasteiger partial charge in [0.25, 0.3) is 10.0 Å². The van der Waals surface area contributed by atoms with Crippen LogP contribution in [-0.2, 0) is 10.0 Å². The van der Waals surface area contributed by atoms with Gasteiger partial charge in [-0.15, -0.1) is 0 Å². The Morgan fingerprint density at radius 1 is 1.30 bits per heavy atom. The lowest BCUT2D eigenvalue weighted by Gasteiger charge is -2.11. The van der Waals surface area contributed by atoms with E-state index in [2.05, 4.69) is 25.6 Å². The van der Waals surface area contributed by atoms with Gasteiger partial charge in [0.05, 0.1) is 10.2 Å². The number of pyridine rings is 1. The molecule has 0 aliphatic heterocycles. The number of nitrogens with zero attached hydrogens (tertiary/aromatic N) is 1. The Kier molecular flexibility index (Phi) is 4.59. The van der Waals surface area contributed by atoms with Gasteiger partial charge in [-0.2, -0.15) is 0 Å². The van der Waals surface area contributed by atoms with Gasteiger partial charge in [-0.3, -0.25) is 4.72 Å². The zero-order chi connectivity index (χ0) is 14.9. The van der Waals surface area contributed by atoms with Crippen molar-refractivity contribution in [3.8, 4) is 0 Å². The molecule has 0 aliphatic rings. The molecular formula is C12H9BrCl2N2O2S. The third-order valence-corrected chi connectivity index (χ3v) is 5.47. The minimum atomic E-state index is -3.75. The number of aromatic nitrogens is 1. The number of rotatable bonds is 3. The van der Waals surface area contributed by atoms with Crippen molar-refractivity contribution in [1.29, 1.82) is 0 Å². The topological polar surface area (TPSA) is 59.1 Å². The number of hydrogen-bond donors (Lipinski definition) is 1. The van der Waals surface area contributed by atoms with E-state index in [0.29, 0.717) is 20.7 Å². The summed E-state index contributed by atoms with van der Waals surface area (Å²) in [4.78, 5) is 3.81. The van der Waals surface area contributed by atoms with Gasteiger partial charge in [-0.05, 0) is 46.6 Å². The number of hydrogen-bond acceptors (Lipinski definition) is 3. The van der Waals surface area contributed by atoms with E-state index in [4.69, 9.17) is 23.2 Å².